The Hall–Kier alpha value is -1.33. The average molecular weight is 274 g/mol. The Morgan fingerprint density at radius 2 is 1.95 bits per heavy atom. The zero-order valence-corrected chi connectivity index (χ0v) is 12.6. The summed E-state index contributed by atoms with van der Waals surface area (Å²) in [5.74, 6) is 0.00601. The van der Waals surface area contributed by atoms with Crippen LogP contribution < -0.4 is 0 Å². The molecular weight excluding hydrogens is 248 g/mol. The average Bonchev–Trinajstić information content (AvgIpc) is 2.25. The Bertz CT molecular complexity index is 300. The van der Waals surface area contributed by atoms with Crippen molar-refractivity contribution < 1.29 is 14.5 Å². The highest BCUT2D eigenvalue weighted by Gasteiger charge is 2.22. The fourth-order valence-electron chi connectivity index (χ4n) is 1.68. The van der Waals surface area contributed by atoms with Crippen molar-refractivity contribution in [2.45, 2.75) is 53.1 Å². The number of carbonyl (C=O) groups is 1. The predicted octanol–water partition coefficient (Wildman–Crippen LogP) is 2.94. The molecule has 0 rings (SSSR count). The zero-order chi connectivity index (χ0) is 15.1. The van der Waals surface area contributed by atoms with Crippen molar-refractivity contribution in [3.05, 3.63) is 10.1 Å². The third kappa shape index (κ3) is 8.40. The van der Waals surface area contributed by atoms with Gasteiger partial charge >= 0.3 is 6.09 Å². The van der Waals surface area contributed by atoms with E-state index in [0.29, 0.717) is 19.5 Å². The van der Waals surface area contributed by atoms with E-state index in [9.17, 15) is 14.9 Å². The van der Waals surface area contributed by atoms with Gasteiger partial charge in [0.25, 0.3) is 0 Å². The number of nitro groups is 1. The molecule has 0 spiro atoms. The first kappa shape index (κ1) is 17.7. The van der Waals surface area contributed by atoms with E-state index in [1.54, 1.807) is 4.90 Å². The lowest BCUT2D eigenvalue weighted by atomic mass is 10.0. The summed E-state index contributed by atoms with van der Waals surface area (Å²) in [6.45, 7) is 10.3. The molecule has 0 saturated carbocycles. The lowest BCUT2D eigenvalue weighted by Gasteiger charge is -2.27. The highest BCUT2D eigenvalue weighted by Crippen LogP contribution is 2.13. The molecule has 0 aliphatic carbocycles. The summed E-state index contributed by atoms with van der Waals surface area (Å²) < 4.78 is 5.29. The summed E-state index contributed by atoms with van der Waals surface area (Å²) in [4.78, 5) is 23.7. The van der Waals surface area contributed by atoms with E-state index < -0.39 is 5.60 Å². The summed E-state index contributed by atoms with van der Waals surface area (Å²) in [6, 6.07) is 0. The van der Waals surface area contributed by atoms with Gasteiger partial charge in [-0.25, -0.2) is 4.79 Å². The number of nitrogens with zero attached hydrogens (tertiary/aromatic N) is 2. The van der Waals surface area contributed by atoms with Crippen molar-refractivity contribution >= 4 is 6.09 Å². The van der Waals surface area contributed by atoms with E-state index in [1.165, 1.54) is 0 Å². The van der Waals surface area contributed by atoms with Gasteiger partial charge in [0.05, 0.1) is 0 Å². The molecule has 0 bridgehead atoms. The first-order valence-electron chi connectivity index (χ1n) is 6.79. The molecule has 0 fully saturated rings. The van der Waals surface area contributed by atoms with E-state index in [1.807, 2.05) is 34.6 Å². The summed E-state index contributed by atoms with van der Waals surface area (Å²) >= 11 is 0. The largest absolute Gasteiger partial charge is 0.444 e. The number of rotatable bonds is 7. The van der Waals surface area contributed by atoms with E-state index in [2.05, 4.69) is 0 Å². The van der Waals surface area contributed by atoms with E-state index in [-0.39, 0.29) is 23.5 Å². The summed E-state index contributed by atoms with van der Waals surface area (Å²) in [7, 11) is 0. The highest BCUT2D eigenvalue weighted by atomic mass is 16.6. The topological polar surface area (TPSA) is 72.7 Å². The molecule has 0 aromatic rings. The van der Waals surface area contributed by atoms with Crippen LogP contribution in [0.4, 0.5) is 4.79 Å². The van der Waals surface area contributed by atoms with E-state index in [4.69, 9.17) is 4.74 Å². The number of amides is 1. The molecule has 0 aromatic heterocycles. The molecule has 1 unspecified atom stereocenters. The molecule has 1 amide bonds. The van der Waals surface area contributed by atoms with Gasteiger partial charge in [-0.2, -0.15) is 0 Å². The summed E-state index contributed by atoms with van der Waals surface area (Å²) in [6.07, 6.45) is 1.02. The SMILES string of the molecule is CCC(CCN(CC)C(=O)OC(C)(C)C)C[N+](=O)[O-]. The molecule has 0 saturated heterocycles. The minimum Gasteiger partial charge on any atom is -0.444 e. The number of carbonyl (C=O) groups excluding carboxylic acids is 1. The maximum absolute atomic E-state index is 11.9. The van der Waals surface area contributed by atoms with Crippen molar-refractivity contribution in [3.8, 4) is 0 Å². The Labute approximate surface area is 115 Å². The normalized spacial score (nSPS) is 12.9. The van der Waals surface area contributed by atoms with E-state index >= 15 is 0 Å². The number of ether oxygens (including phenoxy) is 1. The second-order valence-electron chi connectivity index (χ2n) is 5.64. The monoisotopic (exact) mass is 274 g/mol. The molecular formula is C13H26N2O4. The third-order valence-electron chi connectivity index (χ3n) is 2.83. The highest BCUT2D eigenvalue weighted by molar-refractivity contribution is 5.68. The van der Waals surface area contributed by atoms with E-state index in [0.717, 1.165) is 6.42 Å². The third-order valence-corrected chi connectivity index (χ3v) is 2.83. The van der Waals surface area contributed by atoms with Crippen LogP contribution in [0.3, 0.4) is 0 Å². The van der Waals surface area contributed by atoms with Gasteiger partial charge < -0.3 is 9.64 Å². The Morgan fingerprint density at radius 1 is 1.37 bits per heavy atom. The van der Waals surface area contributed by atoms with Crippen LogP contribution in [0.1, 0.15) is 47.5 Å². The first-order valence-corrected chi connectivity index (χ1v) is 6.79. The Balaban J connectivity index is 4.32. The maximum Gasteiger partial charge on any atom is 0.410 e. The van der Waals surface area contributed by atoms with Crippen LogP contribution in [0, 0.1) is 16.0 Å². The molecule has 1 atom stereocenters. The lowest BCUT2D eigenvalue weighted by Crippen LogP contribution is -2.38. The van der Waals surface area contributed by atoms with Crippen LogP contribution in [0.15, 0.2) is 0 Å². The van der Waals surface area contributed by atoms with Gasteiger partial charge in [-0.1, -0.05) is 6.92 Å². The van der Waals surface area contributed by atoms with Crippen LogP contribution >= 0.6 is 0 Å². The smallest absolute Gasteiger partial charge is 0.410 e. The molecule has 0 aliphatic rings. The molecule has 6 heteroatoms. The van der Waals surface area contributed by atoms with Crippen molar-refractivity contribution in [2.24, 2.45) is 5.92 Å². The van der Waals surface area contributed by atoms with Gasteiger partial charge in [0.1, 0.15) is 5.60 Å². The minimum absolute atomic E-state index is 0.00601. The van der Waals surface area contributed by atoms with Crippen molar-refractivity contribution in [1.82, 2.24) is 4.90 Å². The summed E-state index contributed by atoms with van der Waals surface area (Å²) in [5.41, 5.74) is -0.518. The molecule has 0 aromatic carbocycles. The molecule has 0 radical (unpaired) electrons. The van der Waals surface area contributed by atoms with Crippen molar-refractivity contribution in [2.75, 3.05) is 19.6 Å². The second kappa shape index (κ2) is 7.96. The molecule has 0 heterocycles. The van der Waals surface area contributed by atoms with Gasteiger partial charge in [-0.15, -0.1) is 0 Å². The molecule has 112 valence electrons. The van der Waals surface area contributed by atoms with Crippen molar-refractivity contribution in [1.29, 1.82) is 0 Å². The van der Waals surface area contributed by atoms with Gasteiger partial charge in [-0.05, 0) is 40.5 Å². The lowest BCUT2D eigenvalue weighted by molar-refractivity contribution is -0.488. The van der Waals surface area contributed by atoms with Gasteiger partial charge in [0.2, 0.25) is 6.54 Å². The fourth-order valence-corrected chi connectivity index (χ4v) is 1.68. The summed E-state index contributed by atoms with van der Waals surface area (Å²) in [5, 5.41) is 10.5. The van der Waals surface area contributed by atoms with Crippen LogP contribution in [0.2, 0.25) is 0 Å². The predicted molar refractivity (Wildman–Crippen MR) is 73.7 cm³/mol. The minimum atomic E-state index is -0.518. The Morgan fingerprint density at radius 3 is 2.32 bits per heavy atom. The van der Waals surface area contributed by atoms with Crippen LogP contribution in [0.25, 0.3) is 0 Å². The standard InChI is InChI=1S/C13H26N2O4/c1-6-11(10-15(17)18)8-9-14(7-2)12(16)19-13(3,4)5/h11H,6-10H2,1-5H3. The molecule has 0 aliphatic heterocycles. The molecule has 6 nitrogen and oxygen atoms in total. The Kier molecular flexibility index (Phi) is 7.41. The van der Waals surface area contributed by atoms with Gasteiger partial charge in [0.15, 0.2) is 0 Å². The fraction of sp³-hybridized carbons (Fsp3) is 0.923. The van der Waals surface area contributed by atoms with Gasteiger partial charge in [-0.3, -0.25) is 10.1 Å². The van der Waals surface area contributed by atoms with Crippen LogP contribution in [0.5, 0.6) is 0 Å². The quantitative estimate of drug-likeness (QED) is 0.528. The first-order chi connectivity index (χ1) is 8.69. The molecule has 19 heavy (non-hydrogen) atoms. The maximum atomic E-state index is 11.9. The van der Waals surface area contributed by atoms with Crippen LogP contribution in [-0.2, 0) is 4.74 Å². The molecule has 0 N–H and O–H groups in total. The number of hydrogen-bond donors (Lipinski definition) is 0. The van der Waals surface area contributed by atoms with Gasteiger partial charge in [0, 0.05) is 23.9 Å². The second-order valence-corrected chi connectivity index (χ2v) is 5.64. The van der Waals surface area contributed by atoms with Crippen molar-refractivity contribution in [3.63, 3.8) is 0 Å². The zero-order valence-electron chi connectivity index (χ0n) is 12.6. The van der Waals surface area contributed by atoms with Crippen LogP contribution in [-0.4, -0.2) is 41.2 Å². The number of hydrogen-bond acceptors (Lipinski definition) is 4.